The Balaban J connectivity index is 2.07. The van der Waals surface area contributed by atoms with Crippen LogP contribution in [0.3, 0.4) is 0 Å². The smallest absolute Gasteiger partial charge is 0.241 e. The van der Waals surface area contributed by atoms with Gasteiger partial charge in [-0.25, -0.2) is 0 Å². The molecule has 2 aromatic carbocycles. The van der Waals surface area contributed by atoms with Crippen molar-refractivity contribution in [3.63, 3.8) is 0 Å². The first-order valence-corrected chi connectivity index (χ1v) is 7.47. The van der Waals surface area contributed by atoms with Crippen molar-refractivity contribution in [3.8, 4) is 11.5 Å². The minimum Gasteiger partial charge on any atom is -0.457 e. The Bertz CT molecular complexity index is 614. The molecular weight excluding hydrogens is 332 g/mol. The van der Waals surface area contributed by atoms with Crippen molar-refractivity contribution < 1.29 is 9.53 Å². The van der Waals surface area contributed by atoms with Crippen molar-refractivity contribution >= 4 is 27.5 Å². The van der Waals surface area contributed by atoms with Crippen molar-refractivity contribution in [3.05, 3.63) is 53.0 Å². The minimum absolute atomic E-state index is 0.196. The van der Waals surface area contributed by atoms with Crippen LogP contribution in [0.15, 0.2) is 53.0 Å². The number of rotatable bonds is 5. The van der Waals surface area contributed by atoms with E-state index in [0.29, 0.717) is 17.9 Å². The van der Waals surface area contributed by atoms with Gasteiger partial charge in [-0.1, -0.05) is 28.9 Å². The van der Waals surface area contributed by atoms with Gasteiger partial charge in [0.2, 0.25) is 5.91 Å². The zero-order chi connectivity index (χ0) is 15.2. The van der Waals surface area contributed by atoms with Gasteiger partial charge in [-0.15, -0.1) is 0 Å². The van der Waals surface area contributed by atoms with E-state index in [1.54, 1.807) is 12.1 Å². The average Bonchev–Trinajstić information content (AvgIpc) is 2.49. The molecule has 1 amide bonds. The summed E-state index contributed by atoms with van der Waals surface area (Å²) in [6.07, 6.45) is 0.598. The number of hydrogen-bond acceptors (Lipinski definition) is 3. The molecule has 0 saturated carbocycles. The van der Waals surface area contributed by atoms with Crippen LogP contribution in [0.25, 0.3) is 0 Å². The minimum atomic E-state index is -0.499. The van der Waals surface area contributed by atoms with E-state index in [4.69, 9.17) is 10.5 Å². The summed E-state index contributed by atoms with van der Waals surface area (Å²) in [4.78, 5) is 11.8. The molecule has 0 saturated heterocycles. The molecule has 0 bridgehead atoms. The largest absolute Gasteiger partial charge is 0.457 e. The fourth-order valence-electron chi connectivity index (χ4n) is 1.70. The van der Waals surface area contributed by atoms with Crippen LogP contribution < -0.4 is 15.8 Å². The third kappa shape index (κ3) is 4.58. The lowest BCUT2D eigenvalue weighted by Gasteiger charge is -2.11. The zero-order valence-electron chi connectivity index (χ0n) is 11.7. The molecule has 5 heteroatoms. The molecule has 1 unspecified atom stereocenters. The van der Waals surface area contributed by atoms with Gasteiger partial charge in [0.15, 0.2) is 0 Å². The lowest BCUT2D eigenvalue weighted by atomic mass is 10.2. The summed E-state index contributed by atoms with van der Waals surface area (Å²) in [6.45, 7) is 1.87. The summed E-state index contributed by atoms with van der Waals surface area (Å²) in [5.74, 6) is 1.19. The molecule has 0 aliphatic carbocycles. The molecular formula is C16H17BrN2O2. The fourth-order valence-corrected chi connectivity index (χ4v) is 1.96. The quantitative estimate of drug-likeness (QED) is 0.860. The molecule has 0 aliphatic heterocycles. The Morgan fingerprint density at radius 3 is 2.62 bits per heavy atom. The van der Waals surface area contributed by atoms with Crippen molar-refractivity contribution in [2.45, 2.75) is 19.4 Å². The second-order valence-corrected chi connectivity index (χ2v) is 5.50. The number of anilines is 1. The molecule has 0 fully saturated rings. The first-order valence-electron chi connectivity index (χ1n) is 6.68. The highest BCUT2D eigenvalue weighted by atomic mass is 79.9. The van der Waals surface area contributed by atoms with E-state index in [9.17, 15) is 4.79 Å². The number of nitrogens with one attached hydrogen (secondary N) is 1. The van der Waals surface area contributed by atoms with Gasteiger partial charge in [-0.05, 0) is 42.8 Å². The summed E-state index contributed by atoms with van der Waals surface area (Å²) in [7, 11) is 0. The number of ether oxygens (including phenoxy) is 1. The number of nitrogens with two attached hydrogens (primary N) is 1. The number of benzene rings is 2. The number of hydrogen-bond donors (Lipinski definition) is 2. The predicted octanol–water partition coefficient (Wildman–Crippen LogP) is 3.92. The Morgan fingerprint density at radius 2 is 1.95 bits per heavy atom. The van der Waals surface area contributed by atoms with Crippen LogP contribution in [0.1, 0.15) is 13.3 Å². The number of carbonyl (C=O) groups excluding carboxylic acids is 1. The van der Waals surface area contributed by atoms with E-state index in [2.05, 4.69) is 21.2 Å². The lowest BCUT2D eigenvalue weighted by Crippen LogP contribution is -2.34. The summed E-state index contributed by atoms with van der Waals surface area (Å²) in [6, 6.07) is 14.3. The molecule has 1 atom stereocenters. The molecule has 0 heterocycles. The molecule has 0 aliphatic rings. The van der Waals surface area contributed by atoms with E-state index in [1.165, 1.54) is 0 Å². The van der Waals surface area contributed by atoms with Crippen LogP contribution >= 0.6 is 15.9 Å². The van der Waals surface area contributed by atoms with Gasteiger partial charge in [-0.3, -0.25) is 4.79 Å². The van der Waals surface area contributed by atoms with Gasteiger partial charge in [0.1, 0.15) is 11.5 Å². The average molecular weight is 349 g/mol. The van der Waals surface area contributed by atoms with E-state index in [-0.39, 0.29) is 5.91 Å². The first-order chi connectivity index (χ1) is 10.1. The monoisotopic (exact) mass is 348 g/mol. The van der Waals surface area contributed by atoms with Crippen LogP contribution in [0.4, 0.5) is 5.69 Å². The fraction of sp³-hybridized carbons (Fsp3) is 0.188. The maximum atomic E-state index is 11.8. The van der Waals surface area contributed by atoms with Crippen LogP contribution in [-0.4, -0.2) is 11.9 Å². The maximum Gasteiger partial charge on any atom is 0.241 e. The highest BCUT2D eigenvalue weighted by molar-refractivity contribution is 9.10. The molecule has 0 spiro atoms. The third-order valence-electron chi connectivity index (χ3n) is 2.93. The van der Waals surface area contributed by atoms with Crippen LogP contribution in [0.2, 0.25) is 0 Å². The van der Waals surface area contributed by atoms with Crippen molar-refractivity contribution in [2.75, 3.05) is 5.32 Å². The molecule has 2 aromatic rings. The van der Waals surface area contributed by atoms with Crippen LogP contribution in [0, 0.1) is 0 Å². The topological polar surface area (TPSA) is 64.4 Å². The molecule has 0 radical (unpaired) electrons. The Kier molecular flexibility index (Phi) is 5.36. The second-order valence-electron chi connectivity index (χ2n) is 4.59. The van der Waals surface area contributed by atoms with Gasteiger partial charge < -0.3 is 15.8 Å². The van der Waals surface area contributed by atoms with Crippen LogP contribution in [0.5, 0.6) is 11.5 Å². The van der Waals surface area contributed by atoms with E-state index >= 15 is 0 Å². The molecule has 2 rings (SSSR count). The van der Waals surface area contributed by atoms with Gasteiger partial charge in [0.05, 0.1) is 6.04 Å². The van der Waals surface area contributed by atoms with Crippen molar-refractivity contribution in [1.29, 1.82) is 0 Å². The molecule has 0 aromatic heterocycles. The predicted molar refractivity (Wildman–Crippen MR) is 87.6 cm³/mol. The number of amides is 1. The molecule has 21 heavy (non-hydrogen) atoms. The summed E-state index contributed by atoms with van der Waals surface area (Å²) in [5, 5.41) is 2.78. The summed E-state index contributed by atoms with van der Waals surface area (Å²) < 4.78 is 6.73. The highest BCUT2D eigenvalue weighted by Gasteiger charge is 2.11. The normalized spacial score (nSPS) is 11.8. The zero-order valence-corrected chi connectivity index (χ0v) is 13.3. The Labute approximate surface area is 132 Å². The van der Waals surface area contributed by atoms with Gasteiger partial charge >= 0.3 is 0 Å². The highest BCUT2D eigenvalue weighted by Crippen LogP contribution is 2.25. The van der Waals surface area contributed by atoms with Crippen molar-refractivity contribution in [2.24, 2.45) is 5.73 Å². The molecule has 110 valence electrons. The van der Waals surface area contributed by atoms with Gasteiger partial charge in [-0.2, -0.15) is 0 Å². The Morgan fingerprint density at radius 1 is 1.24 bits per heavy atom. The Hall–Kier alpha value is -1.85. The summed E-state index contributed by atoms with van der Waals surface area (Å²) >= 11 is 3.38. The van der Waals surface area contributed by atoms with E-state index in [1.807, 2.05) is 43.3 Å². The van der Waals surface area contributed by atoms with E-state index < -0.39 is 6.04 Å². The maximum absolute atomic E-state index is 11.8. The molecule has 3 N–H and O–H groups in total. The number of carbonyl (C=O) groups is 1. The standard InChI is InChI=1S/C16H17BrN2O2/c1-2-15(18)16(20)19-12-4-3-5-14(10-12)21-13-8-6-11(17)7-9-13/h3-10,15H,2,18H2,1H3,(H,19,20). The summed E-state index contributed by atoms with van der Waals surface area (Å²) in [5.41, 5.74) is 6.36. The van der Waals surface area contributed by atoms with Gasteiger partial charge in [0, 0.05) is 16.2 Å². The second kappa shape index (κ2) is 7.24. The SMILES string of the molecule is CCC(N)C(=O)Nc1cccc(Oc2ccc(Br)cc2)c1. The van der Waals surface area contributed by atoms with E-state index in [0.717, 1.165) is 10.2 Å². The number of halogens is 1. The molecule has 4 nitrogen and oxygen atoms in total. The van der Waals surface area contributed by atoms with Gasteiger partial charge in [0.25, 0.3) is 0 Å². The first kappa shape index (κ1) is 15.5. The van der Waals surface area contributed by atoms with Crippen LogP contribution in [-0.2, 0) is 4.79 Å². The van der Waals surface area contributed by atoms with Crippen molar-refractivity contribution in [1.82, 2.24) is 0 Å². The lowest BCUT2D eigenvalue weighted by molar-refractivity contribution is -0.117. The third-order valence-corrected chi connectivity index (χ3v) is 3.46.